The Kier molecular flexibility index (Phi) is 3.93. The third-order valence-electron chi connectivity index (χ3n) is 2.69. The molecule has 0 amide bonds. The van der Waals surface area contributed by atoms with Gasteiger partial charge in [0.1, 0.15) is 4.90 Å². The minimum Gasteiger partial charge on any atom is -0.325 e. The number of nitrogens with one attached hydrogen (secondary N) is 1. The SMILES string of the molecule is CN(Cc1cn[nH]c1)S(=O)(=O)c1cccnc1CN. The second-order valence-electron chi connectivity index (χ2n) is 4.02. The minimum absolute atomic E-state index is 0.0783. The summed E-state index contributed by atoms with van der Waals surface area (Å²) in [6.45, 7) is 0.312. The normalized spacial score (nSPS) is 11.9. The van der Waals surface area contributed by atoms with Crippen LogP contribution in [0.5, 0.6) is 0 Å². The van der Waals surface area contributed by atoms with Gasteiger partial charge in [0.25, 0.3) is 0 Å². The maximum atomic E-state index is 12.4. The van der Waals surface area contributed by atoms with Crippen molar-refractivity contribution < 1.29 is 8.42 Å². The first-order valence-electron chi connectivity index (χ1n) is 5.63. The highest BCUT2D eigenvalue weighted by atomic mass is 32.2. The van der Waals surface area contributed by atoms with Crippen LogP contribution in [0.2, 0.25) is 0 Å². The first kappa shape index (κ1) is 13.7. The molecule has 0 atom stereocenters. The van der Waals surface area contributed by atoms with Crippen LogP contribution < -0.4 is 5.73 Å². The van der Waals surface area contributed by atoms with Crippen LogP contribution in [0.15, 0.2) is 35.6 Å². The van der Waals surface area contributed by atoms with Crippen molar-refractivity contribution in [2.75, 3.05) is 7.05 Å². The minimum atomic E-state index is -3.61. The highest BCUT2D eigenvalue weighted by Crippen LogP contribution is 2.18. The van der Waals surface area contributed by atoms with Crippen molar-refractivity contribution in [3.05, 3.63) is 42.0 Å². The Morgan fingerprint density at radius 2 is 2.26 bits per heavy atom. The van der Waals surface area contributed by atoms with Gasteiger partial charge in [0, 0.05) is 38.1 Å². The molecule has 8 heteroatoms. The molecule has 0 saturated carbocycles. The molecular formula is C11H15N5O2S. The summed E-state index contributed by atoms with van der Waals surface area (Å²) in [6, 6.07) is 3.09. The monoisotopic (exact) mass is 281 g/mol. The number of hydrogen-bond acceptors (Lipinski definition) is 5. The number of aromatic amines is 1. The zero-order valence-corrected chi connectivity index (χ0v) is 11.3. The second kappa shape index (κ2) is 5.47. The van der Waals surface area contributed by atoms with Gasteiger partial charge in [-0.05, 0) is 12.1 Å². The zero-order chi connectivity index (χ0) is 13.9. The van der Waals surface area contributed by atoms with Crippen molar-refractivity contribution in [3.8, 4) is 0 Å². The number of aromatic nitrogens is 3. The van der Waals surface area contributed by atoms with E-state index in [2.05, 4.69) is 15.2 Å². The van der Waals surface area contributed by atoms with E-state index in [0.29, 0.717) is 5.69 Å². The van der Waals surface area contributed by atoms with Crippen molar-refractivity contribution in [2.24, 2.45) is 5.73 Å². The molecule has 0 unspecified atom stereocenters. The molecule has 2 aromatic heterocycles. The Morgan fingerprint density at radius 3 is 2.89 bits per heavy atom. The molecule has 0 radical (unpaired) electrons. The van der Waals surface area contributed by atoms with E-state index in [1.165, 1.54) is 23.6 Å². The van der Waals surface area contributed by atoms with E-state index in [9.17, 15) is 8.42 Å². The van der Waals surface area contributed by atoms with E-state index in [1.54, 1.807) is 18.5 Å². The van der Waals surface area contributed by atoms with Crippen LogP contribution in [0.1, 0.15) is 11.3 Å². The van der Waals surface area contributed by atoms with Crippen LogP contribution in [0, 0.1) is 0 Å². The highest BCUT2D eigenvalue weighted by molar-refractivity contribution is 7.89. The van der Waals surface area contributed by atoms with E-state index in [4.69, 9.17) is 5.73 Å². The molecule has 0 spiro atoms. The van der Waals surface area contributed by atoms with E-state index >= 15 is 0 Å². The summed E-state index contributed by atoms with van der Waals surface area (Å²) in [4.78, 5) is 4.14. The van der Waals surface area contributed by atoms with Crippen LogP contribution in [-0.2, 0) is 23.1 Å². The molecule has 2 heterocycles. The van der Waals surface area contributed by atoms with Gasteiger partial charge >= 0.3 is 0 Å². The van der Waals surface area contributed by atoms with E-state index in [-0.39, 0.29) is 18.0 Å². The molecule has 102 valence electrons. The Balaban J connectivity index is 2.31. The average molecular weight is 281 g/mol. The molecule has 0 fully saturated rings. The number of nitrogens with zero attached hydrogens (tertiary/aromatic N) is 3. The van der Waals surface area contributed by atoms with Gasteiger partial charge in [-0.25, -0.2) is 8.42 Å². The van der Waals surface area contributed by atoms with Crippen molar-refractivity contribution in [1.82, 2.24) is 19.5 Å². The maximum absolute atomic E-state index is 12.4. The quantitative estimate of drug-likeness (QED) is 0.807. The maximum Gasteiger partial charge on any atom is 0.244 e. The van der Waals surface area contributed by atoms with E-state index in [1.807, 2.05) is 0 Å². The van der Waals surface area contributed by atoms with Gasteiger partial charge in [0.05, 0.1) is 11.9 Å². The molecule has 2 aromatic rings. The molecule has 0 aliphatic heterocycles. The predicted octanol–water partition coefficient (Wildman–Crippen LogP) is 0.0841. The Labute approximate surface area is 111 Å². The number of sulfonamides is 1. The lowest BCUT2D eigenvalue weighted by atomic mass is 10.3. The molecule has 19 heavy (non-hydrogen) atoms. The van der Waals surface area contributed by atoms with Crippen LogP contribution in [0.3, 0.4) is 0 Å². The Hall–Kier alpha value is -1.77. The van der Waals surface area contributed by atoms with Gasteiger partial charge in [0.2, 0.25) is 10.0 Å². The fourth-order valence-electron chi connectivity index (χ4n) is 1.69. The summed E-state index contributed by atoms with van der Waals surface area (Å²) in [5.74, 6) is 0. The first-order valence-corrected chi connectivity index (χ1v) is 7.07. The van der Waals surface area contributed by atoms with E-state index < -0.39 is 10.0 Å². The summed E-state index contributed by atoms with van der Waals surface area (Å²) in [5.41, 5.74) is 6.67. The number of rotatable bonds is 5. The fraction of sp³-hybridized carbons (Fsp3) is 0.273. The average Bonchev–Trinajstić information content (AvgIpc) is 2.91. The third kappa shape index (κ3) is 2.80. The lowest BCUT2D eigenvalue weighted by molar-refractivity contribution is 0.465. The summed E-state index contributed by atoms with van der Waals surface area (Å²) in [5, 5.41) is 6.43. The van der Waals surface area contributed by atoms with E-state index in [0.717, 1.165) is 5.56 Å². The van der Waals surface area contributed by atoms with Gasteiger partial charge in [-0.1, -0.05) is 0 Å². The van der Waals surface area contributed by atoms with Crippen LogP contribution in [0.25, 0.3) is 0 Å². The molecule has 2 rings (SSSR count). The standard InChI is InChI=1S/C11H15N5O2S/c1-16(8-9-6-14-15-7-9)19(17,18)11-3-2-4-13-10(11)5-12/h2-4,6-7H,5,8,12H2,1H3,(H,14,15). The van der Waals surface area contributed by atoms with Gasteiger partial charge in [-0.15, -0.1) is 0 Å². The molecule has 0 aliphatic carbocycles. The molecule has 7 nitrogen and oxygen atoms in total. The van der Waals surface area contributed by atoms with Crippen LogP contribution in [-0.4, -0.2) is 35.0 Å². The molecule has 0 aliphatic rings. The van der Waals surface area contributed by atoms with Gasteiger partial charge in [0.15, 0.2) is 0 Å². The lowest BCUT2D eigenvalue weighted by Gasteiger charge is -2.17. The molecular weight excluding hydrogens is 266 g/mol. The van der Waals surface area contributed by atoms with Crippen molar-refractivity contribution in [2.45, 2.75) is 18.0 Å². The molecule has 3 N–H and O–H groups in total. The predicted molar refractivity (Wildman–Crippen MR) is 69.4 cm³/mol. The summed E-state index contributed by atoms with van der Waals surface area (Å²) < 4.78 is 26.1. The first-order chi connectivity index (χ1) is 9.05. The van der Waals surface area contributed by atoms with Gasteiger partial charge in [-0.3, -0.25) is 10.1 Å². The summed E-state index contributed by atoms with van der Waals surface area (Å²) in [7, 11) is -2.10. The van der Waals surface area contributed by atoms with Crippen LogP contribution >= 0.6 is 0 Å². The number of nitrogens with two attached hydrogens (primary N) is 1. The summed E-state index contributed by atoms with van der Waals surface area (Å²) >= 11 is 0. The third-order valence-corrected chi connectivity index (χ3v) is 4.57. The number of H-pyrrole nitrogens is 1. The smallest absolute Gasteiger partial charge is 0.244 e. The highest BCUT2D eigenvalue weighted by Gasteiger charge is 2.24. The number of pyridine rings is 1. The summed E-state index contributed by atoms with van der Waals surface area (Å²) in [6.07, 6.45) is 4.76. The van der Waals surface area contributed by atoms with Crippen molar-refractivity contribution in [1.29, 1.82) is 0 Å². The topological polar surface area (TPSA) is 105 Å². The molecule has 0 saturated heterocycles. The largest absolute Gasteiger partial charge is 0.325 e. The fourth-order valence-corrected chi connectivity index (χ4v) is 3.02. The second-order valence-corrected chi connectivity index (χ2v) is 6.03. The number of hydrogen-bond donors (Lipinski definition) is 2. The van der Waals surface area contributed by atoms with Crippen LogP contribution in [0.4, 0.5) is 0 Å². The van der Waals surface area contributed by atoms with Gasteiger partial charge in [-0.2, -0.15) is 9.40 Å². The van der Waals surface area contributed by atoms with Crippen molar-refractivity contribution in [3.63, 3.8) is 0 Å². The van der Waals surface area contributed by atoms with Gasteiger partial charge < -0.3 is 5.73 Å². The lowest BCUT2D eigenvalue weighted by Crippen LogP contribution is -2.28. The molecule has 0 bridgehead atoms. The van der Waals surface area contributed by atoms with Crippen molar-refractivity contribution >= 4 is 10.0 Å². The Bertz CT molecular complexity index is 639. The zero-order valence-electron chi connectivity index (χ0n) is 10.4. The Morgan fingerprint density at radius 1 is 1.47 bits per heavy atom. The molecule has 0 aromatic carbocycles.